The Bertz CT molecular complexity index is 604. The number of hydrogen-bond donors (Lipinski definition) is 1. The van der Waals surface area contributed by atoms with Gasteiger partial charge in [0, 0.05) is 4.47 Å². The van der Waals surface area contributed by atoms with Crippen LogP contribution < -0.4 is 10.1 Å². The third-order valence-corrected chi connectivity index (χ3v) is 2.94. The van der Waals surface area contributed by atoms with Crippen LogP contribution in [-0.2, 0) is 0 Å². The number of halogens is 4. The molecule has 0 aliphatic carbocycles. The van der Waals surface area contributed by atoms with Gasteiger partial charge in [0.2, 0.25) is 0 Å². The van der Waals surface area contributed by atoms with E-state index in [1.807, 2.05) is 0 Å². The first kappa shape index (κ1) is 14.0. The van der Waals surface area contributed by atoms with Crippen molar-refractivity contribution < 1.29 is 13.5 Å². The molecule has 1 N–H and O–H groups in total. The first-order valence-electron chi connectivity index (χ1n) is 4.99. The second-order valence-corrected chi connectivity index (χ2v) is 4.69. The second kappa shape index (κ2) is 5.66. The molecule has 0 aliphatic heterocycles. The molecule has 0 saturated heterocycles. The number of nitrogens with one attached hydrogen (secondary N) is 1. The minimum Gasteiger partial charge on any atom is -0.490 e. The van der Waals surface area contributed by atoms with Gasteiger partial charge in [-0.25, -0.2) is 18.7 Å². The highest BCUT2D eigenvalue weighted by atomic mass is 79.9. The van der Waals surface area contributed by atoms with E-state index in [9.17, 15) is 8.78 Å². The van der Waals surface area contributed by atoms with Gasteiger partial charge in [-0.15, -0.1) is 0 Å². The average Bonchev–Trinajstić information content (AvgIpc) is 2.34. The molecule has 2 rings (SSSR count). The highest BCUT2D eigenvalue weighted by molar-refractivity contribution is 9.10. The van der Waals surface area contributed by atoms with E-state index in [4.69, 9.17) is 16.3 Å². The number of ether oxygens (including phenoxy) is 1. The van der Waals surface area contributed by atoms with Crippen LogP contribution in [0.2, 0.25) is 5.15 Å². The zero-order valence-electron chi connectivity index (χ0n) is 9.55. The Kier molecular flexibility index (Phi) is 4.16. The van der Waals surface area contributed by atoms with E-state index in [1.54, 1.807) is 0 Å². The zero-order valence-corrected chi connectivity index (χ0v) is 11.9. The molecular formula is C11H7BrClF2N3O. The molecule has 1 heterocycles. The van der Waals surface area contributed by atoms with Crippen molar-refractivity contribution in [2.75, 3.05) is 12.4 Å². The molecule has 2 aromatic rings. The SMILES string of the molecule is COc1c(Cl)ncnc1Nc1c(F)cc(Br)cc1F. The highest BCUT2D eigenvalue weighted by Crippen LogP contribution is 2.33. The molecule has 100 valence electrons. The van der Waals surface area contributed by atoms with Crippen LogP contribution in [0.15, 0.2) is 22.9 Å². The third kappa shape index (κ3) is 2.93. The molecule has 19 heavy (non-hydrogen) atoms. The molecule has 1 aromatic carbocycles. The largest absolute Gasteiger partial charge is 0.490 e. The lowest BCUT2D eigenvalue weighted by atomic mass is 10.3. The standard InChI is InChI=1S/C11H7BrClF2N3O/c1-19-9-10(13)16-4-17-11(9)18-8-6(14)2-5(12)3-7(8)15/h2-4H,1H3,(H,16,17,18). The molecule has 0 saturated carbocycles. The second-order valence-electron chi connectivity index (χ2n) is 3.42. The van der Waals surface area contributed by atoms with Gasteiger partial charge in [-0.3, -0.25) is 0 Å². The van der Waals surface area contributed by atoms with Crippen LogP contribution in [0, 0.1) is 11.6 Å². The Hall–Kier alpha value is -1.47. The molecule has 0 amide bonds. The monoisotopic (exact) mass is 349 g/mol. The van der Waals surface area contributed by atoms with Gasteiger partial charge in [0.1, 0.15) is 12.0 Å². The van der Waals surface area contributed by atoms with Crippen molar-refractivity contribution >= 4 is 39.0 Å². The first-order valence-corrected chi connectivity index (χ1v) is 6.16. The summed E-state index contributed by atoms with van der Waals surface area (Å²) in [6, 6.07) is 2.25. The van der Waals surface area contributed by atoms with Crippen molar-refractivity contribution in [3.8, 4) is 5.75 Å². The van der Waals surface area contributed by atoms with E-state index in [-0.39, 0.29) is 22.4 Å². The van der Waals surface area contributed by atoms with Crippen molar-refractivity contribution in [1.29, 1.82) is 0 Å². The van der Waals surface area contributed by atoms with Crippen molar-refractivity contribution in [2.24, 2.45) is 0 Å². The maximum absolute atomic E-state index is 13.7. The van der Waals surface area contributed by atoms with Crippen molar-refractivity contribution in [3.63, 3.8) is 0 Å². The normalized spacial score (nSPS) is 10.4. The summed E-state index contributed by atoms with van der Waals surface area (Å²) >= 11 is 8.78. The smallest absolute Gasteiger partial charge is 0.199 e. The summed E-state index contributed by atoms with van der Waals surface area (Å²) in [5, 5.41) is 2.54. The summed E-state index contributed by atoms with van der Waals surface area (Å²) in [5.41, 5.74) is -0.351. The number of anilines is 2. The summed E-state index contributed by atoms with van der Waals surface area (Å²) < 4.78 is 32.6. The maximum atomic E-state index is 13.7. The van der Waals surface area contributed by atoms with Gasteiger partial charge in [-0.1, -0.05) is 27.5 Å². The van der Waals surface area contributed by atoms with Gasteiger partial charge in [-0.05, 0) is 12.1 Å². The Morgan fingerprint density at radius 2 is 1.89 bits per heavy atom. The molecule has 8 heteroatoms. The molecule has 0 atom stereocenters. The van der Waals surface area contributed by atoms with Crippen LogP contribution in [0.3, 0.4) is 0 Å². The molecule has 0 spiro atoms. The van der Waals surface area contributed by atoms with Gasteiger partial charge < -0.3 is 10.1 Å². The quantitative estimate of drug-likeness (QED) is 0.852. The van der Waals surface area contributed by atoms with Gasteiger partial charge >= 0.3 is 0 Å². The lowest BCUT2D eigenvalue weighted by Crippen LogP contribution is -2.03. The van der Waals surface area contributed by atoms with Crippen LogP contribution in [0.4, 0.5) is 20.3 Å². The van der Waals surface area contributed by atoms with E-state index >= 15 is 0 Å². The summed E-state index contributed by atoms with van der Waals surface area (Å²) in [7, 11) is 1.35. The molecule has 0 fully saturated rings. The number of rotatable bonds is 3. The number of nitrogens with zero attached hydrogens (tertiary/aromatic N) is 2. The lowest BCUT2D eigenvalue weighted by molar-refractivity contribution is 0.413. The summed E-state index contributed by atoms with van der Waals surface area (Å²) in [5.74, 6) is -1.37. The Labute approximate surface area is 120 Å². The molecule has 1 aromatic heterocycles. The van der Waals surface area contributed by atoms with Crippen LogP contribution in [0.1, 0.15) is 0 Å². The predicted octanol–water partition coefficient (Wildman–Crippen LogP) is 3.92. The van der Waals surface area contributed by atoms with Crippen molar-refractivity contribution in [3.05, 3.63) is 39.7 Å². The summed E-state index contributed by atoms with van der Waals surface area (Å²) in [4.78, 5) is 7.54. The Morgan fingerprint density at radius 3 is 2.47 bits per heavy atom. The van der Waals surface area contributed by atoms with Crippen LogP contribution in [-0.4, -0.2) is 17.1 Å². The van der Waals surface area contributed by atoms with Gasteiger partial charge in [0.25, 0.3) is 0 Å². The van der Waals surface area contributed by atoms with Crippen LogP contribution in [0.5, 0.6) is 5.75 Å². The number of aromatic nitrogens is 2. The maximum Gasteiger partial charge on any atom is 0.199 e. The highest BCUT2D eigenvalue weighted by Gasteiger charge is 2.16. The Balaban J connectivity index is 2.45. The summed E-state index contributed by atoms with van der Waals surface area (Å²) in [6.07, 6.45) is 1.15. The van der Waals surface area contributed by atoms with Crippen LogP contribution in [0.25, 0.3) is 0 Å². The fourth-order valence-electron chi connectivity index (χ4n) is 1.40. The fourth-order valence-corrected chi connectivity index (χ4v) is 2.01. The van der Waals surface area contributed by atoms with Crippen molar-refractivity contribution in [1.82, 2.24) is 9.97 Å². The van der Waals surface area contributed by atoms with E-state index in [0.717, 1.165) is 18.5 Å². The van der Waals surface area contributed by atoms with Gasteiger partial charge in [-0.2, -0.15) is 0 Å². The fraction of sp³-hybridized carbons (Fsp3) is 0.0909. The minimum absolute atomic E-state index is 0.0397. The topological polar surface area (TPSA) is 47.0 Å². The molecule has 0 bridgehead atoms. The van der Waals surface area contributed by atoms with E-state index < -0.39 is 11.6 Å². The van der Waals surface area contributed by atoms with E-state index in [2.05, 4.69) is 31.2 Å². The lowest BCUT2D eigenvalue weighted by Gasteiger charge is -2.12. The average molecular weight is 351 g/mol. The number of hydrogen-bond acceptors (Lipinski definition) is 4. The molecule has 4 nitrogen and oxygen atoms in total. The molecule has 0 aliphatic rings. The van der Waals surface area contributed by atoms with Gasteiger partial charge in [0.05, 0.1) is 7.11 Å². The van der Waals surface area contributed by atoms with Crippen LogP contribution >= 0.6 is 27.5 Å². The van der Waals surface area contributed by atoms with Crippen molar-refractivity contribution in [2.45, 2.75) is 0 Å². The van der Waals surface area contributed by atoms with E-state index in [0.29, 0.717) is 4.47 Å². The number of methoxy groups -OCH3 is 1. The number of benzene rings is 1. The zero-order chi connectivity index (χ0) is 14.0. The Morgan fingerprint density at radius 1 is 1.26 bits per heavy atom. The third-order valence-electron chi connectivity index (χ3n) is 2.21. The van der Waals surface area contributed by atoms with E-state index in [1.165, 1.54) is 7.11 Å². The molecule has 0 radical (unpaired) electrons. The molecule has 0 unspecified atom stereocenters. The first-order chi connectivity index (χ1) is 9.02. The van der Waals surface area contributed by atoms with Gasteiger partial charge in [0.15, 0.2) is 28.4 Å². The predicted molar refractivity (Wildman–Crippen MR) is 70.9 cm³/mol. The summed E-state index contributed by atoms with van der Waals surface area (Å²) in [6.45, 7) is 0. The minimum atomic E-state index is -0.774. The molecular weight excluding hydrogens is 343 g/mol.